The lowest BCUT2D eigenvalue weighted by atomic mass is 10.4. The lowest BCUT2D eigenvalue weighted by Gasteiger charge is -2.05. The molecule has 5 heteroatoms. The summed E-state index contributed by atoms with van der Waals surface area (Å²) < 4.78 is 4.12. The molecule has 0 amide bonds. The van der Waals surface area contributed by atoms with Crippen molar-refractivity contribution >= 4 is 11.9 Å². The number of aliphatic hydroxyl groups excluding tert-OH is 1. The van der Waals surface area contributed by atoms with Gasteiger partial charge in [-0.25, -0.2) is 9.59 Å². The number of carbonyl (C=O) groups is 2. The summed E-state index contributed by atoms with van der Waals surface area (Å²) in [4.78, 5) is 21.1. The first-order chi connectivity index (χ1) is 4.95. The monoisotopic (exact) mass is 161 g/mol. The fourth-order valence-corrected chi connectivity index (χ4v) is 0.277. The van der Waals surface area contributed by atoms with Crippen LogP contribution in [0.2, 0.25) is 0 Å². The predicted molar refractivity (Wildman–Crippen MR) is 36.4 cm³/mol. The average Bonchev–Trinajstić information content (AvgIpc) is 1.87. The molecule has 64 valence electrons. The standard InChI is InChI=1S/C6H11NO4/c1-3(7)5(9)11-6(10)4(2)8/h3-4,8H,7H2,1-2H3/t3-,4-/m1/s1. The molecule has 3 N–H and O–H groups in total. The number of hydrogen-bond acceptors (Lipinski definition) is 5. The molecule has 0 aliphatic rings. The highest BCUT2D eigenvalue weighted by molar-refractivity contribution is 5.89. The van der Waals surface area contributed by atoms with Gasteiger partial charge in [-0.2, -0.15) is 0 Å². The van der Waals surface area contributed by atoms with Crippen molar-refractivity contribution in [2.75, 3.05) is 0 Å². The van der Waals surface area contributed by atoms with E-state index in [1.54, 1.807) is 0 Å². The van der Waals surface area contributed by atoms with Crippen LogP contribution in [0.1, 0.15) is 13.8 Å². The Morgan fingerprint density at radius 1 is 1.36 bits per heavy atom. The van der Waals surface area contributed by atoms with Crippen molar-refractivity contribution in [1.82, 2.24) is 0 Å². The first-order valence-electron chi connectivity index (χ1n) is 3.14. The number of ether oxygens (including phenoxy) is 1. The summed E-state index contributed by atoms with van der Waals surface area (Å²) in [5, 5.41) is 8.58. The number of carbonyl (C=O) groups excluding carboxylic acids is 2. The third kappa shape index (κ3) is 3.69. The highest BCUT2D eigenvalue weighted by Gasteiger charge is 2.17. The summed E-state index contributed by atoms with van der Waals surface area (Å²) in [5.41, 5.74) is 5.08. The highest BCUT2D eigenvalue weighted by Crippen LogP contribution is 1.89. The summed E-state index contributed by atoms with van der Waals surface area (Å²) in [7, 11) is 0. The smallest absolute Gasteiger partial charge is 0.342 e. The normalized spacial score (nSPS) is 15.3. The van der Waals surface area contributed by atoms with Crippen LogP contribution in [0.25, 0.3) is 0 Å². The van der Waals surface area contributed by atoms with Gasteiger partial charge in [0.25, 0.3) is 0 Å². The fourth-order valence-electron chi connectivity index (χ4n) is 0.277. The third-order valence-electron chi connectivity index (χ3n) is 0.914. The summed E-state index contributed by atoms with van der Waals surface area (Å²) in [6.45, 7) is 2.59. The van der Waals surface area contributed by atoms with E-state index in [2.05, 4.69) is 4.74 Å². The first kappa shape index (κ1) is 10.1. The van der Waals surface area contributed by atoms with Gasteiger partial charge in [-0.1, -0.05) is 0 Å². The maximum Gasteiger partial charge on any atom is 0.342 e. The van der Waals surface area contributed by atoms with Crippen molar-refractivity contribution in [3.05, 3.63) is 0 Å². The Balaban J connectivity index is 3.86. The molecule has 0 bridgehead atoms. The van der Waals surface area contributed by atoms with Gasteiger partial charge in [-0.05, 0) is 13.8 Å². The molecule has 0 aliphatic heterocycles. The number of aliphatic hydroxyl groups is 1. The van der Waals surface area contributed by atoms with Gasteiger partial charge in [-0.3, -0.25) is 0 Å². The van der Waals surface area contributed by atoms with Gasteiger partial charge in [0.15, 0.2) is 0 Å². The first-order valence-corrected chi connectivity index (χ1v) is 3.14. The molecule has 0 heterocycles. The molecule has 0 fully saturated rings. The molecule has 5 nitrogen and oxygen atoms in total. The summed E-state index contributed by atoms with van der Waals surface area (Å²) in [5.74, 6) is -1.82. The molecule has 0 aromatic heterocycles. The summed E-state index contributed by atoms with van der Waals surface area (Å²) in [6, 6.07) is -0.849. The van der Waals surface area contributed by atoms with E-state index in [9.17, 15) is 9.59 Å². The minimum atomic E-state index is -1.29. The minimum Gasteiger partial charge on any atom is -0.390 e. The minimum absolute atomic E-state index is 0.837. The van der Waals surface area contributed by atoms with Crippen molar-refractivity contribution in [2.24, 2.45) is 5.73 Å². The molecular formula is C6H11NO4. The Kier molecular flexibility index (Phi) is 3.70. The van der Waals surface area contributed by atoms with Gasteiger partial charge in [0.2, 0.25) is 0 Å². The van der Waals surface area contributed by atoms with E-state index in [1.165, 1.54) is 13.8 Å². The van der Waals surface area contributed by atoms with Crippen LogP contribution in [-0.4, -0.2) is 29.2 Å². The molecule has 0 radical (unpaired) electrons. The lowest BCUT2D eigenvalue weighted by Crippen LogP contribution is -2.33. The maximum absolute atomic E-state index is 10.6. The molecule has 2 atom stereocenters. The van der Waals surface area contributed by atoms with Crippen molar-refractivity contribution in [2.45, 2.75) is 26.0 Å². The molecule has 0 saturated heterocycles. The Morgan fingerprint density at radius 3 is 2.09 bits per heavy atom. The van der Waals surface area contributed by atoms with Crippen LogP contribution >= 0.6 is 0 Å². The SMILES string of the molecule is C[C@@H](N)C(=O)OC(=O)[C@@H](C)O. The number of hydrogen-bond donors (Lipinski definition) is 2. The van der Waals surface area contributed by atoms with Gasteiger partial charge in [0.05, 0.1) is 0 Å². The van der Waals surface area contributed by atoms with E-state index >= 15 is 0 Å². The average molecular weight is 161 g/mol. The molecule has 0 unspecified atom stereocenters. The molecule has 0 rings (SSSR count). The van der Waals surface area contributed by atoms with Crippen molar-refractivity contribution in [3.63, 3.8) is 0 Å². The van der Waals surface area contributed by atoms with Crippen LogP contribution in [0.4, 0.5) is 0 Å². The van der Waals surface area contributed by atoms with Gasteiger partial charge in [0.1, 0.15) is 12.1 Å². The molecular weight excluding hydrogens is 150 g/mol. The molecule has 11 heavy (non-hydrogen) atoms. The second-order valence-corrected chi connectivity index (χ2v) is 2.20. The van der Waals surface area contributed by atoms with Crippen LogP contribution < -0.4 is 5.73 Å². The number of nitrogens with two attached hydrogens (primary N) is 1. The van der Waals surface area contributed by atoms with E-state index in [1.807, 2.05) is 0 Å². The molecule has 0 spiro atoms. The van der Waals surface area contributed by atoms with Crippen LogP contribution in [0.3, 0.4) is 0 Å². The summed E-state index contributed by atoms with van der Waals surface area (Å²) in [6.07, 6.45) is -1.29. The largest absolute Gasteiger partial charge is 0.390 e. The van der Waals surface area contributed by atoms with Crippen molar-refractivity contribution in [1.29, 1.82) is 0 Å². The van der Waals surface area contributed by atoms with Gasteiger partial charge in [-0.15, -0.1) is 0 Å². The predicted octanol–water partition coefficient (Wildman–Crippen LogP) is -1.22. The van der Waals surface area contributed by atoms with E-state index in [4.69, 9.17) is 10.8 Å². The number of rotatable bonds is 2. The van der Waals surface area contributed by atoms with Crippen LogP contribution in [0, 0.1) is 0 Å². The van der Waals surface area contributed by atoms with Crippen molar-refractivity contribution in [3.8, 4) is 0 Å². The van der Waals surface area contributed by atoms with E-state index < -0.39 is 24.1 Å². The Hall–Kier alpha value is -0.940. The Bertz CT molecular complexity index is 146. The Morgan fingerprint density at radius 2 is 1.82 bits per heavy atom. The van der Waals surface area contributed by atoms with E-state index in [0.717, 1.165) is 0 Å². The van der Waals surface area contributed by atoms with Crippen LogP contribution in [0.5, 0.6) is 0 Å². The third-order valence-corrected chi connectivity index (χ3v) is 0.914. The zero-order valence-electron chi connectivity index (χ0n) is 6.40. The zero-order valence-corrected chi connectivity index (χ0v) is 6.40. The van der Waals surface area contributed by atoms with E-state index in [-0.39, 0.29) is 0 Å². The molecule has 0 saturated carbocycles. The van der Waals surface area contributed by atoms with Gasteiger partial charge < -0.3 is 15.6 Å². The van der Waals surface area contributed by atoms with Crippen LogP contribution in [-0.2, 0) is 14.3 Å². The maximum atomic E-state index is 10.6. The van der Waals surface area contributed by atoms with Gasteiger partial charge in [0, 0.05) is 0 Å². The molecule has 0 aromatic carbocycles. The van der Waals surface area contributed by atoms with E-state index in [0.29, 0.717) is 0 Å². The molecule has 0 aromatic rings. The second-order valence-electron chi connectivity index (χ2n) is 2.20. The number of esters is 2. The van der Waals surface area contributed by atoms with Crippen LogP contribution in [0.15, 0.2) is 0 Å². The summed E-state index contributed by atoms with van der Waals surface area (Å²) >= 11 is 0. The van der Waals surface area contributed by atoms with Gasteiger partial charge >= 0.3 is 11.9 Å². The van der Waals surface area contributed by atoms with Crippen molar-refractivity contribution < 1.29 is 19.4 Å². The quantitative estimate of drug-likeness (QED) is 0.391. The Labute approximate surface area is 64.1 Å². The lowest BCUT2D eigenvalue weighted by molar-refractivity contribution is -0.165. The highest BCUT2D eigenvalue weighted by atomic mass is 16.6. The zero-order chi connectivity index (χ0) is 9.02. The molecule has 0 aliphatic carbocycles. The fraction of sp³-hybridized carbons (Fsp3) is 0.667. The topological polar surface area (TPSA) is 89.6 Å². The second kappa shape index (κ2) is 4.05.